The molecule has 0 bridgehead atoms. The minimum atomic E-state index is -0.337. The number of benzene rings is 4. The van der Waals surface area contributed by atoms with E-state index in [-0.39, 0.29) is 47.9 Å². The molecule has 0 fully saturated rings. The van der Waals surface area contributed by atoms with Crippen molar-refractivity contribution in [2.75, 3.05) is 0 Å². The van der Waals surface area contributed by atoms with Gasteiger partial charge in [-0.2, -0.15) is 0 Å². The van der Waals surface area contributed by atoms with Crippen LogP contribution in [-0.4, -0.2) is 20.4 Å². The molecule has 7 rings (SSSR count). The number of aliphatic hydroxyl groups is 1. The van der Waals surface area contributed by atoms with Crippen LogP contribution in [0.5, 0.6) is 0 Å². The van der Waals surface area contributed by atoms with E-state index in [0.717, 1.165) is 36.9 Å². The van der Waals surface area contributed by atoms with Gasteiger partial charge in [0.2, 0.25) is 0 Å². The normalized spacial score (nSPS) is 13.8. The molecule has 50 heavy (non-hydrogen) atoms. The van der Waals surface area contributed by atoms with E-state index >= 15 is 0 Å². The summed E-state index contributed by atoms with van der Waals surface area (Å²) in [6.45, 7) is 16.8. The van der Waals surface area contributed by atoms with Crippen LogP contribution in [-0.2, 0) is 30.3 Å². The molecule has 0 saturated heterocycles. The molecular weight excluding hydrogens is 793 g/mol. The summed E-state index contributed by atoms with van der Waals surface area (Å²) in [4.78, 5) is 17.1. The number of ketones is 1. The first kappa shape index (κ1) is 37.2. The molecule has 0 atom stereocenters. The molecule has 2 aromatic heterocycles. The number of para-hydroxylation sites is 1. The molecule has 0 spiro atoms. The second-order valence-corrected chi connectivity index (χ2v) is 14.6. The number of fused-ring (bicyclic) bond motifs is 4. The van der Waals surface area contributed by atoms with E-state index in [9.17, 15) is 9.90 Å². The fourth-order valence-electron chi connectivity index (χ4n) is 7.43. The smallest absolute Gasteiger partial charge is 0.164 e. The predicted molar refractivity (Wildman–Crippen MR) is 206 cm³/mol. The Morgan fingerprint density at radius 2 is 1.44 bits per heavy atom. The average molecular weight is 842 g/mol. The van der Waals surface area contributed by atoms with Crippen molar-refractivity contribution in [2.24, 2.45) is 10.8 Å². The van der Waals surface area contributed by atoms with Gasteiger partial charge >= 0.3 is 0 Å². The third-order valence-corrected chi connectivity index (χ3v) is 11.7. The van der Waals surface area contributed by atoms with Gasteiger partial charge in [-0.3, -0.25) is 4.79 Å². The Kier molecular flexibility index (Phi) is 10.6. The number of allylic oxidation sites excluding steroid dienone is 2. The van der Waals surface area contributed by atoms with E-state index in [2.05, 4.69) is 109 Å². The number of hydrogen-bond acceptors (Lipinski definition) is 3. The van der Waals surface area contributed by atoms with Gasteiger partial charge in [0.15, 0.2) is 5.78 Å². The van der Waals surface area contributed by atoms with Crippen LogP contribution in [0.15, 0.2) is 103 Å². The van der Waals surface area contributed by atoms with E-state index in [0.29, 0.717) is 0 Å². The first-order chi connectivity index (χ1) is 23.5. The largest absolute Gasteiger partial charge is 0.512 e. The van der Waals surface area contributed by atoms with Gasteiger partial charge in [0.25, 0.3) is 0 Å². The van der Waals surface area contributed by atoms with Gasteiger partial charge in [0.1, 0.15) is 5.76 Å². The maximum absolute atomic E-state index is 12.2. The van der Waals surface area contributed by atoms with Crippen molar-refractivity contribution in [1.29, 1.82) is 0 Å². The second-order valence-electron chi connectivity index (χ2n) is 14.6. The van der Waals surface area contributed by atoms with Crippen molar-refractivity contribution >= 4 is 38.4 Å². The molecule has 1 aliphatic carbocycles. The number of hydrogen-bond donors (Lipinski definition) is 1. The van der Waals surface area contributed by atoms with Crippen LogP contribution >= 0.6 is 0 Å². The molecule has 0 saturated carbocycles. The number of carbonyl (C=O) groups is 1. The summed E-state index contributed by atoms with van der Waals surface area (Å²) in [6, 6.07) is 33.9. The molecule has 6 aromatic rings. The zero-order valence-corrected chi connectivity index (χ0v) is 33.0. The fourth-order valence-corrected chi connectivity index (χ4v) is 7.43. The Morgan fingerprint density at radius 1 is 0.820 bits per heavy atom. The minimum Gasteiger partial charge on any atom is -0.512 e. The molecular formula is C45H49IrN2O2-. The molecule has 4 nitrogen and oxygen atoms in total. The van der Waals surface area contributed by atoms with Gasteiger partial charge in [0.05, 0.1) is 5.52 Å². The van der Waals surface area contributed by atoms with Crippen molar-refractivity contribution in [2.45, 2.75) is 86.5 Å². The van der Waals surface area contributed by atoms with Crippen molar-refractivity contribution in [1.82, 2.24) is 9.55 Å². The van der Waals surface area contributed by atoms with Crippen LogP contribution in [0.4, 0.5) is 0 Å². The van der Waals surface area contributed by atoms with E-state index < -0.39 is 0 Å². The summed E-state index contributed by atoms with van der Waals surface area (Å²) in [6.07, 6.45) is 6.70. The molecule has 1 radical (unpaired) electrons. The summed E-state index contributed by atoms with van der Waals surface area (Å²) < 4.78 is 2.38. The third-order valence-electron chi connectivity index (χ3n) is 11.7. The van der Waals surface area contributed by atoms with E-state index in [1.807, 2.05) is 47.7 Å². The molecule has 261 valence electrons. The molecule has 1 N–H and O–H groups in total. The standard InChI is InChI=1S/C30H21N2.C15H28O2.Ir/c1-30(2)23-13-8-14-24-26(23)27-25(32(24)20-10-4-3-5-11-20)17-18-31-29(27)22-16-15-19-9-6-7-12-21(19)28(22)30;1-7-14(5,8-2)12(16)11-13(17)15(6,9-3)10-4;/h3-15,17-18H,1-2H3;11,16H,7-10H2,1-6H3;/q-1;;/b;12-11-;. The Hall–Kier alpha value is -4.05. The summed E-state index contributed by atoms with van der Waals surface area (Å²) in [5, 5.41) is 15.2. The molecule has 1 aliphatic rings. The molecule has 0 aliphatic heterocycles. The second kappa shape index (κ2) is 14.3. The van der Waals surface area contributed by atoms with Crippen molar-refractivity contribution < 1.29 is 30.0 Å². The number of rotatable bonds is 8. The first-order valence-electron chi connectivity index (χ1n) is 17.8. The Bertz CT molecular complexity index is 2200. The van der Waals surface area contributed by atoms with E-state index in [1.165, 1.54) is 55.5 Å². The van der Waals surface area contributed by atoms with Crippen LogP contribution in [0.3, 0.4) is 0 Å². The van der Waals surface area contributed by atoms with Crippen LogP contribution in [0.1, 0.15) is 92.2 Å². The van der Waals surface area contributed by atoms with Gasteiger partial charge < -0.3 is 14.7 Å². The first-order valence-corrected chi connectivity index (χ1v) is 17.8. The number of aliphatic hydroxyl groups excluding tert-OH is 1. The quantitative estimate of drug-likeness (QED) is 0.0943. The van der Waals surface area contributed by atoms with Crippen molar-refractivity contribution in [3.05, 3.63) is 120 Å². The third kappa shape index (κ3) is 6.03. The monoisotopic (exact) mass is 842 g/mol. The fraction of sp³-hybridized carbons (Fsp3) is 0.333. The zero-order valence-electron chi connectivity index (χ0n) is 30.6. The molecule has 4 aromatic carbocycles. The van der Waals surface area contributed by atoms with Crippen LogP contribution in [0.2, 0.25) is 0 Å². The zero-order chi connectivity index (χ0) is 35.1. The Balaban J connectivity index is 0.000000234. The van der Waals surface area contributed by atoms with E-state index in [4.69, 9.17) is 4.98 Å². The van der Waals surface area contributed by atoms with Crippen LogP contribution < -0.4 is 0 Å². The van der Waals surface area contributed by atoms with Gasteiger partial charge in [-0.05, 0) is 72.0 Å². The predicted octanol–water partition coefficient (Wildman–Crippen LogP) is 12.1. The molecule has 0 amide bonds. The maximum atomic E-state index is 12.2. The summed E-state index contributed by atoms with van der Waals surface area (Å²) in [5.41, 5.74) is 7.57. The number of carbonyl (C=O) groups excluding carboxylic acids is 1. The summed E-state index contributed by atoms with van der Waals surface area (Å²) in [7, 11) is 0. The summed E-state index contributed by atoms with van der Waals surface area (Å²) in [5.74, 6) is 0.286. The minimum absolute atomic E-state index is 0. The molecule has 2 heterocycles. The summed E-state index contributed by atoms with van der Waals surface area (Å²) >= 11 is 0. The van der Waals surface area contributed by atoms with Gasteiger partial charge in [-0.25, -0.2) is 0 Å². The van der Waals surface area contributed by atoms with Gasteiger partial charge in [-0.1, -0.05) is 121 Å². The number of aromatic nitrogens is 2. The Morgan fingerprint density at radius 3 is 2.10 bits per heavy atom. The van der Waals surface area contributed by atoms with Gasteiger partial charge in [-0.15, -0.1) is 23.3 Å². The van der Waals surface area contributed by atoms with E-state index in [1.54, 1.807) is 0 Å². The molecule has 0 unspecified atom stereocenters. The Labute approximate surface area is 311 Å². The van der Waals surface area contributed by atoms with Crippen molar-refractivity contribution in [3.63, 3.8) is 0 Å². The van der Waals surface area contributed by atoms with Gasteiger partial charge in [0, 0.05) is 59.8 Å². The molecule has 5 heteroatoms. The van der Waals surface area contributed by atoms with Crippen LogP contribution in [0, 0.1) is 16.9 Å². The van der Waals surface area contributed by atoms with Crippen molar-refractivity contribution in [3.8, 4) is 16.9 Å². The number of pyridine rings is 1. The van der Waals surface area contributed by atoms with Crippen LogP contribution in [0.25, 0.3) is 49.5 Å². The average Bonchev–Trinajstić information content (AvgIpc) is 3.44. The number of nitrogens with zero attached hydrogens (tertiary/aromatic N) is 2. The SMILES string of the molecule is CC1(C)c2c([c-]cc3ccccc23)-c2nccc3c2c2c1cccc2n3-c1ccccc1.CCC(C)(CC)C(=O)/C=C(\O)C(C)(CC)CC.[Ir]. The topological polar surface area (TPSA) is 55.1 Å². The maximum Gasteiger partial charge on any atom is 0.164 e.